The van der Waals surface area contributed by atoms with Gasteiger partial charge in [-0.25, -0.2) is 0 Å². The van der Waals surface area contributed by atoms with Crippen molar-refractivity contribution in [2.45, 2.75) is 46.2 Å². The van der Waals surface area contributed by atoms with Crippen LogP contribution in [0.1, 0.15) is 39.2 Å². The number of methoxy groups -OCH3 is 2. The van der Waals surface area contributed by atoms with Crippen molar-refractivity contribution in [1.82, 2.24) is 5.32 Å². The molecular formula is C16H26ClNO2. The summed E-state index contributed by atoms with van der Waals surface area (Å²) in [5, 5.41) is 4.10. The zero-order valence-corrected chi connectivity index (χ0v) is 13.9. The molecule has 0 bridgehead atoms. The minimum Gasteiger partial charge on any atom is -0.493 e. The number of benzene rings is 1. The molecule has 4 heteroatoms. The van der Waals surface area contributed by atoms with Crippen LogP contribution in [0.25, 0.3) is 0 Å². The van der Waals surface area contributed by atoms with Gasteiger partial charge in [0.2, 0.25) is 0 Å². The maximum Gasteiger partial charge on any atom is 0.179 e. The molecule has 1 rings (SSSR count). The largest absolute Gasteiger partial charge is 0.493 e. The zero-order chi connectivity index (χ0) is 15.1. The summed E-state index contributed by atoms with van der Waals surface area (Å²) >= 11 is 6.20. The third-order valence-corrected chi connectivity index (χ3v) is 3.61. The smallest absolute Gasteiger partial charge is 0.179 e. The van der Waals surface area contributed by atoms with Crippen molar-refractivity contribution in [3.8, 4) is 11.5 Å². The molecule has 20 heavy (non-hydrogen) atoms. The molecule has 0 heterocycles. The van der Waals surface area contributed by atoms with Crippen LogP contribution >= 0.6 is 11.6 Å². The highest BCUT2D eigenvalue weighted by Crippen LogP contribution is 2.35. The number of ether oxygens (including phenoxy) is 2. The van der Waals surface area contributed by atoms with Crippen LogP contribution in [0, 0.1) is 5.92 Å². The van der Waals surface area contributed by atoms with Crippen LogP contribution in [0.2, 0.25) is 5.02 Å². The van der Waals surface area contributed by atoms with Crippen molar-refractivity contribution in [3.63, 3.8) is 0 Å². The molecule has 1 aromatic rings. The Bertz CT molecular complexity index is 421. The summed E-state index contributed by atoms with van der Waals surface area (Å²) < 4.78 is 10.5. The van der Waals surface area contributed by atoms with E-state index in [1.54, 1.807) is 14.2 Å². The Morgan fingerprint density at radius 3 is 2.35 bits per heavy atom. The van der Waals surface area contributed by atoms with E-state index >= 15 is 0 Å². The Kier molecular flexibility index (Phi) is 7.17. The monoisotopic (exact) mass is 299 g/mol. The molecule has 0 aromatic heterocycles. The first-order chi connectivity index (χ1) is 9.47. The summed E-state index contributed by atoms with van der Waals surface area (Å²) in [6, 6.07) is 4.38. The van der Waals surface area contributed by atoms with Crippen molar-refractivity contribution in [2.24, 2.45) is 5.92 Å². The molecule has 0 spiro atoms. The zero-order valence-electron chi connectivity index (χ0n) is 13.1. The molecule has 1 atom stereocenters. The van der Waals surface area contributed by atoms with Gasteiger partial charge in [-0.3, -0.25) is 0 Å². The van der Waals surface area contributed by atoms with Crippen molar-refractivity contribution in [1.29, 1.82) is 0 Å². The quantitative estimate of drug-likeness (QED) is 0.777. The number of halogens is 1. The highest BCUT2D eigenvalue weighted by molar-refractivity contribution is 6.32. The molecule has 0 amide bonds. The second kappa shape index (κ2) is 8.38. The summed E-state index contributed by atoms with van der Waals surface area (Å²) in [5.41, 5.74) is 1.10. The maximum absolute atomic E-state index is 6.20. The Labute approximate surface area is 127 Å². The summed E-state index contributed by atoms with van der Waals surface area (Å²) in [6.07, 6.45) is 2.42. The van der Waals surface area contributed by atoms with E-state index in [9.17, 15) is 0 Å². The van der Waals surface area contributed by atoms with Gasteiger partial charge in [0.15, 0.2) is 11.5 Å². The standard InChI is InChI=1S/C16H26ClNO2/c1-11(2)6-7-12(3)18-10-13-8-14(17)16(20-5)15(9-13)19-4/h8-9,11-12,18H,6-7,10H2,1-5H3. The van der Waals surface area contributed by atoms with Crippen molar-refractivity contribution < 1.29 is 9.47 Å². The second-order valence-electron chi connectivity index (χ2n) is 5.57. The summed E-state index contributed by atoms with van der Waals surface area (Å²) in [4.78, 5) is 0. The number of hydrogen-bond donors (Lipinski definition) is 1. The van der Waals surface area contributed by atoms with Gasteiger partial charge in [-0.2, -0.15) is 0 Å². The minimum atomic E-state index is 0.490. The lowest BCUT2D eigenvalue weighted by atomic mass is 10.0. The van der Waals surface area contributed by atoms with Gasteiger partial charge in [0.25, 0.3) is 0 Å². The first kappa shape index (κ1) is 17.1. The molecule has 0 saturated heterocycles. The Balaban J connectivity index is 2.62. The average molecular weight is 300 g/mol. The van der Waals surface area contributed by atoms with Crippen molar-refractivity contribution >= 4 is 11.6 Å². The summed E-state index contributed by atoms with van der Waals surface area (Å²) in [5.74, 6) is 2.01. The molecule has 1 unspecified atom stereocenters. The third-order valence-electron chi connectivity index (χ3n) is 3.33. The van der Waals surface area contributed by atoms with E-state index in [1.165, 1.54) is 12.8 Å². The van der Waals surface area contributed by atoms with Crippen LogP contribution in [0.5, 0.6) is 11.5 Å². The fourth-order valence-corrected chi connectivity index (χ4v) is 2.36. The predicted octanol–water partition coefficient (Wildman–Crippen LogP) is 4.27. The first-order valence-corrected chi connectivity index (χ1v) is 7.49. The van der Waals surface area contributed by atoms with E-state index in [-0.39, 0.29) is 0 Å². The molecule has 0 aliphatic heterocycles. The van der Waals surface area contributed by atoms with Crippen molar-refractivity contribution in [3.05, 3.63) is 22.7 Å². The van der Waals surface area contributed by atoms with Gasteiger partial charge in [-0.05, 0) is 43.4 Å². The van der Waals surface area contributed by atoms with Crippen LogP contribution in [-0.4, -0.2) is 20.3 Å². The molecule has 1 aromatic carbocycles. The van der Waals surface area contributed by atoms with Crippen LogP contribution in [0.15, 0.2) is 12.1 Å². The van der Waals surface area contributed by atoms with Gasteiger partial charge in [-0.15, -0.1) is 0 Å². The van der Waals surface area contributed by atoms with Crippen LogP contribution in [0.3, 0.4) is 0 Å². The molecule has 0 aliphatic carbocycles. The maximum atomic E-state index is 6.20. The number of rotatable bonds is 8. The molecule has 114 valence electrons. The van der Waals surface area contributed by atoms with Crippen LogP contribution in [-0.2, 0) is 6.54 Å². The third kappa shape index (κ3) is 5.22. The fraction of sp³-hybridized carbons (Fsp3) is 0.625. The van der Waals surface area contributed by atoms with Gasteiger partial charge in [0, 0.05) is 12.6 Å². The van der Waals surface area contributed by atoms with Crippen molar-refractivity contribution in [2.75, 3.05) is 14.2 Å². The SMILES string of the molecule is COc1cc(CNC(C)CCC(C)C)cc(Cl)c1OC. The molecule has 0 fully saturated rings. The Morgan fingerprint density at radius 1 is 1.10 bits per heavy atom. The number of hydrogen-bond acceptors (Lipinski definition) is 3. The van der Waals surface area contributed by atoms with Crippen LogP contribution < -0.4 is 14.8 Å². The fourth-order valence-electron chi connectivity index (χ4n) is 2.05. The highest BCUT2D eigenvalue weighted by atomic mass is 35.5. The van der Waals surface area contributed by atoms with Gasteiger partial charge < -0.3 is 14.8 Å². The average Bonchev–Trinajstić information content (AvgIpc) is 2.42. The van der Waals surface area contributed by atoms with E-state index in [2.05, 4.69) is 26.1 Å². The molecule has 0 aliphatic rings. The normalized spacial score (nSPS) is 12.6. The molecular weight excluding hydrogens is 274 g/mol. The van der Waals surface area contributed by atoms with E-state index < -0.39 is 0 Å². The Morgan fingerprint density at radius 2 is 1.80 bits per heavy atom. The minimum absolute atomic E-state index is 0.490. The van der Waals surface area contributed by atoms with Gasteiger partial charge in [0.1, 0.15) is 0 Å². The summed E-state index contributed by atoms with van der Waals surface area (Å²) in [6.45, 7) is 7.49. The lowest BCUT2D eigenvalue weighted by Gasteiger charge is -2.16. The molecule has 0 saturated carbocycles. The highest BCUT2D eigenvalue weighted by Gasteiger charge is 2.11. The second-order valence-corrected chi connectivity index (χ2v) is 5.97. The predicted molar refractivity (Wildman–Crippen MR) is 84.9 cm³/mol. The van der Waals surface area contributed by atoms with Crippen LogP contribution in [0.4, 0.5) is 0 Å². The molecule has 0 radical (unpaired) electrons. The Hall–Kier alpha value is -0.930. The number of nitrogens with one attached hydrogen (secondary N) is 1. The van der Waals surface area contributed by atoms with E-state index in [0.717, 1.165) is 18.0 Å². The van der Waals surface area contributed by atoms with E-state index in [1.807, 2.05) is 12.1 Å². The van der Waals surface area contributed by atoms with Gasteiger partial charge in [0.05, 0.1) is 19.2 Å². The molecule has 1 N–H and O–H groups in total. The van der Waals surface area contributed by atoms with E-state index in [0.29, 0.717) is 22.6 Å². The van der Waals surface area contributed by atoms with Gasteiger partial charge >= 0.3 is 0 Å². The first-order valence-electron chi connectivity index (χ1n) is 7.11. The molecule has 3 nitrogen and oxygen atoms in total. The summed E-state index contributed by atoms with van der Waals surface area (Å²) in [7, 11) is 3.21. The van der Waals surface area contributed by atoms with Gasteiger partial charge in [-0.1, -0.05) is 25.4 Å². The lowest BCUT2D eigenvalue weighted by Crippen LogP contribution is -2.25. The van der Waals surface area contributed by atoms with E-state index in [4.69, 9.17) is 21.1 Å². The topological polar surface area (TPSA) is 30.5 Å². The lowest BCUT2D eigenvalue weighted by molar-refractivity contribution is 0.354.